The average Bonchev–Trinajstić information content (AvgIpc) is 2.08. The molecule has 0 aliphatic rings. The van der Waals surface area contributed by atoms with E-state index in [0.717, 1.165) is 10.6 Å². The molecule has 0 fully saturated rings. The van der Waals surface area contributed by atoms with E-state index in [2.05, 4.69) is 10.3 Å². The number of rotatable bonds is 2. The van der Waals surface area contributed by atoms with Crippen molar-refractivity contribution < 1.29 is 2.74 Å². The second-order valence-electron chi connectivity index (χ2n) is 2.37. The molecule has 0 amide bonds. The molecule has 0 saturated heterocycles. The van der Waals surface area contributed by atoms with Crippen molar-refractivity contribution in [3.8, 4) is 0 Å². The minimum Gasteiger partial charge on any atom is -0.383 e. The molecule has 1 rings (SSSR count). The predicted molar refractivity (Wildman–Crippen MR) is 60.4 cm³/mol. The van der Waals surface area contributed by atoms with Crippen LogP contribution in [0.25, 0.3) is 0 Å². The zero-order valence-electron chi connectivity index (χ0n) is 9.38. The summed E-state index contributed by atoms with van der Waals surface area (Å²) in [5, 5.41) is 2.49. The highest BCUT2D eigenvalue weighted by atomic mass is 35.5. The number of nitrogens with one attached hydrogen (secondary N) is 2. The van der Waals surface area contributed by atoms with Crippen molar-refractivity contribution in [2.75, 3.05) is 18.6 Å². The minimum atomic E-state index is -1.23. The summed E-state index contributed by atoms with van der Waals surface area (Å²) in [5.74, 6) is 0. The number of halogens is 1. The van der Waals surface area contributed by atoms with Crippen LogP contribution >= 0.6 is 24.2 Å². The maximum atomic E-state index is 11.5. The van der Waals surface area contributed by atoms with E-state index >= 15 is 0 Å². The number of hydrogen-bond acceptors (Lipinski definition) is 3. The Morgan fingerprint density at radius 1 is 1.69 bits per heavy atom. The van der Waals surface area contributed by atoms with Crippen LogP contribution < -0.4 is 10.9 Å². The van der Waals surface area contributed by atoms with E-state index in [1.54, 1.807) is 6.92 Å². The highest BCUT2D eigenvalue weighted by Gasteiger charge is 2.04. The van der Waals surface area contributed by atoms with Crippen LogP contribution in [0, 0.1) is 6.92 Å². The topological polar surface area (TPSA) is 44.9 Å². The molecular weight excluding hydrogens is 208 g/mol. The first kappa shape index (κ1) is 8.97. The van der Waals surface area contributed by atoms with Crippen molar-refractivity contribution in [3.63, 3.8) is 0 Å². The van der Waals surface area contributed by atoms with E-state index in [0.29, 0.717) is 5.69 Å². The van der Waals surface area contributed by atoms with Crippen molar-refractivity contribution in [1.82, 2.24) is 4.98 Å². The molecule has 5 heteroatoms. The zero-order chi connectivity index (χ0) is 10.7. The van der Waals surface area contributed by atoms with Crippen molar-refractivity contribution >= 4 is 29.9 Å². The van der Waals surface area contributed by atoms with Gasteiger partial charge in [0.05, 0.1) is 0 Å². The van der Waals surface area contributed by atoms with Crippen molar-refractivity contribution in [1.29, 1.82) is 0 Å². The van der Waals surface area contributed by atoms with Crippen LogP contribution in [0.15, 0.2) is 15.8 Å². The molecule has 1 aromatic heterocycles. The lowest BCUT2D eigenvalue weighted by atomic mass is 10.3. The van der Waals surface area contributed by atoms with Crippen LogP contribution in [0.1, 0.15) is 8.44 Å². The van der Waals surface area contributed by atoms with Crippen LogP contribution in [-0.4, -0.2) is 18.2 Å². The summed E-state index contributed by atoms with van der Waals surface area (Å²) < 4.78 is 14.1. The van der Waals surface area contributed by atoms with Crippen LogP contribution in [0.4, 0.5) is 5.69 Å². The van der Waals surface area contributed by atoms with E-state index in [1.165, 1.54) is 11.8 Å². The van der Waals surface area contributed by atoms with Gasteiger partial charge in [-0.1, -0.05) is 0 Å². The molecule has 13 heavy (non-hydrogen) atoms. The Bertz CT molecular complexity index is 383. The van der Waals surface area contributed by atoms with E-state index in [1.807, 2.05) is 12.3 Å². The van der Waals surface area contributed by atoms with Crippen molar-refractivity contribution in [3.05, 3.63) is 22.1 Å². The van der Waals surface area contributed by atoms with Gasteiger partial charge in [-0.2, -0.15) is 0 Å². The second kappa shape index (κ2) is 5.19. The van der Waals surface area contributed by atoms with Gasteiger partial charge < -0.3 is 10.3 Å². The molecule has 2 N–H and O–H groups in total. The number of pyridine rings is 1. The summed E-state index contributed by atoms with van der Waals surface area (Å²) in [6, 6.07) is 1.82. The third-order valence-electron chi connectivity index (χ3n) is 1.50. The number of anilines is 1. The molecule has 0 aliphatic carbocycles. The summed E-state index contributed by atoms with van der Waals surface area (Å²) in [4.78, 5) is 14.8. The van der Waals surface area contributed by atoms with Crippen LogP contribution in [-0.2, 0) is 0 Å². The third-order valence-corrected chi connectivity index (χ3v) is 2.26. The van der Waals surface area contributed by atoms with E-state index in [-0.39, 0.29) is 18.0 Å². The molecule has 0 bridgehead atoms. The minimum absolute atomic E-state index is 0. The normalized spacial score (nSPS) is 11.6. The van der Waals surface area contributed by atoms with Gasteiger partial charge in [-0.25, -0.2) is 0 Å². The lowest BCUT2D eigenvalue weighted by Crippen LogP contribution is -2.13. The van der Waals surface area contributed by atoms with E-state index in [9.17, 15) is 4.79 Å². The Morgan fingerprint density at radius 3 is 2.92 bits per heavy atom. The Balaban J connectivity index is 0.00000196. The maximum Gasteiger partial charge on any atom is 0.272 e. The zero-order valence-corrected chi connectivity index (χ0v) is 9.01. The number of H-pyrrole nitrogens is 1. The van der Waals surface area contributed by atoms with Gasteiger partial charge in [-0.15, -0.1) is 24.2 Å². The maximum absolute atomic E-state index is 11.5. The molecule has 0 atom stereocenters. The van der Waals surface area contributed by atoms with Gasteiger partial charge in [0.2, 0.25) is 0 Å². The molecule has 1 aromatic rings. The number of aromatic amines is 1. The number of hydrogen-bond donors (Lipinski definition) is 2. The average molecular weight is 223 g/mol. The fraction of sp³-hybridized carbons (Fsp3) is 0.375. The van der Waals surface area contributed by atoms with Gasteiger partial charge in [0.1, 0.15) is 5.69 Å². The largest absolute Gasteiger partial charge is 0.383 e. The molecule has 0 radical (unpaired) electrons. The molecule has 1 heterocycles. The van der Waals surface area contributed by atoms with Gasteiger partial charge in [-0.3, -0.25) is 4.79 Å². The first-order chi connectivity index (χ1) is 6.54. The Labute approximate surface area is 90.5 Å². The molecule has 0 unspecified atom stereocenters. The number of thioether (sulfide) groups is 1. The molecule has 3 nitrogen and oxygen atoms in total. The summed E-state index contributed by atoms with van der Waals surface area (Å²) >= 11 is 1.42. The molecule has 0 aromatic carbocycles. The van der Waals surface area contributed by atoms with Crippen LogP contribution in [0.5, 0.6) is 0 Å². The first-order valence-corrected chi connectivity index (χ1v) is 4.66. The van der Waals surface area contributed by atoms with E-state index in [4.69, 9.17) is 2.74 Å². The van der Waals surface area contributed by atoms with Gasteiger partial charge in [0, 0.05) is 20.3 Å². The standard InChI is InChI=1S/C8H12N2OS.ClH/c1-5-4-6(12-3)7(9-2)8(11)10-5;/h4,9H,1-3H3,(H,10,11);1H/i2D2;. The molecule has 0 aliphatic heterocycles. The van der Waals surface area contributed by atoms with E-state index < -0.39 is 7.00 Å². The van der Waals surface area contributed by atoms with Gasteiger partial charge in [0.25, 0.3) is 5.56 Å². The predicted octanol–water partition coefficient (Wildman–Crippen LogP) is 1.87. The smallest absolute Gasteiger partial charge is 0.272 e. The number of aryl methyl sites for hydroxylation is 1. The Morgan fingerprint density at radius 2 is 2.38 bits per heavy atom. The highest BCUT2D eigenvalue weighted by molar-refractivity contribution is 7.98. The van der Waals surface area contributed by atoms with Crippen LogP contribution in [0.2, 0.25) is 0 Å². The Kier molecular flexibility index (Phi) is 3.58. The van der Waals surface area contributed by atoms with Gasteiger partial charge in [0.15, 0.2) is 0 Å². The molecule has 0 saturated carbocycles. The third kappa shape index (κ3) is 2.67. The monoisotopic (exact) mass is 222 g/mol. The lowest BCUT2D eigenvalue weighted by Gasteiger charge is -2.05. The van der Waals surface area contributed by atoms with Crippen molar-refractivity contribution in [2.45, 2.75) is 11.8 Å². The summed E-state index contributed by atoms with van der Waals surface area (Å²) in [6.45, 7) is 0.564. The fourth-order valence-electron chi connectivity index (χ4n) is 0.956. The summed E-state index contributed by atoms with van der Waals surface area (Å²) in [6.07, 6.45) is 1.85. The summed E-state index contributed by atoms with van der Waals surface area (Å²) in [7, 11) is 0. The highest BCUT2D eigenvalue weighted by Crippen LogP contribution is 2.21. The summed E-state index contributed by atoms with van der Waals surface area (Å²) in [5.41, 5.74) is 0.799. The molecular formula is C8H13ClN2OS. The van der Waals surface area contributed by atoms with Crippen LogP contribution in [0.3, 0.4) is 0 Å². The molecule has 74 valence electrons. The molecule has 0 spiro atoms. The number of aromatic nitrogens is 1. The fourth-order valence-corrected chi connectivity index (χ4v) is 1.61. The first-order valence-electron chi connectivity index (χ1n) is 4.59. The Hall–Kier alpha value is -0.610. The second-order valence-corrected chi connectivity index (χ2v) is 3.22. The van der Waals surface area contributed by atoms with Crippen molar-refractivity contribution in [2.24, 2.45) is 0 Å². The quantitative estimate of drug-likeness (QED) is 0.751. The van der Waals surface area contributed by atoms with Gasteiger partial charge in [-0.05, 0) is 19.2 Å². The SMILES string of the molecule is Cl.[2H]C([2H])Nc1c(SC)cc(C)[nH]c1=O. The van der Waals surface area contributed by atoms with Gasteiger partial charge >= 0.3 is 0 Å². The lowest BCUT2D eigenvalue weighted by molar-refractivity contribution is 1.10.